The molecule has 1 aliphatic heterocycles. The number of aryl methyl sites for hydroxylation is 1. The first kappa shape index (κ1) is 17.8. The van der Waals surface area contributed by atoms with E-state index < -0.39 is 10.0 Å². The van der Waals surface area contributed by atoms with E-state index in [1.165, 1.54) is 22.7 Å². The van der Waals surface area contributed by atoms with Gasteiger partial charge in [0.2, 0.25) is 10.0 Å². The molecular weight excluding hydrogens is 345 g/mol. The number of fused-ring (bicyclic) bond motifs is 1. The first-order valence-corrected chi connectivity index (χ1v) is 9.92. The van der Waals surface area contributed by atoms with E-state index in [0.29, 0.717) is 35.1 Å². The van der Waals surface area contributed by atoms with Crippen molar-refractivity contribution < 1.29 is 17.6 Å². The van der Waals surface area contributed by atoms with Gasteiger partial charge in [0, 0.05) is 30.6 Å². The van der Waals surface area contributed by atoms with Gasteiger partial charge in [0.25, 0.3) is 5.91 Å². The van der Waals surface area contributed by atoms with Gasteiger partial charge in [-0.05, 0) is 38.0 Å². The second-order valence-electron chi connectivity index (χ2n) is 6.39. The van der Waals surface area contributed by atoms with Crippen molar-refractivity contribution in [2.45, 2.75) is 25.8 Å². The highest BCUT2D eigenvalue weighted by Gasteiger charge is 2.27. The van der Waals surface area contributed by atoms with E-state index in [1.54, 1.807) is 19.1 Å². The minimum absolute atomic E-state index is 0.237. The minimum Gasteiger partial charge on any atom is -0.348 e. The Hall–Kier alpha value is -2.06. The third kappa shape index (κ3) is 3.96. The van der Waals surface area contributed by atoms with E-state index in [2.05, 4.69) is 10.3 Å². The van der Waals surface area contributed by atoms with Crippen LogP contribution in [0.15, 0.2) is 24.3 Å². The van der Waals surface area contributed by atoms with E-state index in [-0.39, 0.29) is 24.3 Å². The first-order chi connectivity index (χ1) is 11.7. The number of carbonyl (C=O) groups is 1. The van der Waals surface area contributed by atoms with Crippen LogP contribution in [0.25, 0.3) is 10.9 Å². The highest BCUT2D eigenvalue weighted by atomic mass is 32.2. The van der Waals surface area contributed by atoms with Crippen LogP contribution in [0.2, 0.25) is 0 Å². The van der Waals surface area contributed by atoms with Crippen LogP contribution < -0.4 is 5.32 Å². The zero-order chi connectivity index (χ0) is 18.2. The van der Waals surface area contributed by atoms with Crippen molar-refractivity contribution in [2.24, 2.45) is 0 Å². The molecule has 0 aliphatic carbocycles. The molecule has 2 heterocycles. The largest absolute Gasteiger partial charge is 0.348 e. The number of sulfonamides is 1. The number of nitrogens with zero attached hydrogens (tertiary/aromatic N) is 2. The Bertz CT molecular complexity index is 930. The summed E-state index contributed by atoms with van der Waals surface area (Å²) in [4.78, 5) is 16.9. The number of nitrogens with one attached hydrogen (secondary N) is 1. The number of piperidine rings is 1. The molecule has 0 saturated carbocycles. The van der Waals surface area contributed by atoms with Crippen LogP contribution in [0.4, 0.5) is 4.39 Å². The standard InChI is InChI=1S/C17H20FN3O3S/c1-11-15(8-12-5-6-13(18)9-16(12)19-11)17(22)20-14-4-3-7-21(10-14)25(2,23)24/h5-6,8-9,14H,3-4,7,10H2,1-2H3,(H,20,22). The zero-order valence-corrected chi connectivity index (χ0v) is 14.9. The Morgan fingerprint density at radius 2 is 2.12 bits per heavy atom. The molecule has 2 aromatic rings. The van der Waals surface area contributed by atoms with Crippen LogP contribution in [-0.4, -0.2) is 49.0 Å². The molecule has 0 spiro atoms. The molecule has 1 amide bonds. The predicted octanol–water partition coefficient (Wildman–Crippen LogP) is 1.84. The van der Waals surface area contributed by atoms with Gasteiger partial charge in [0.1, 0.15) is 5.82 Å². The predicted molar refractivity (Wildman–Crippen MR) is 93.3 cm³/mol. The summed E-state index contributed by atoms with van der Waals surface area (Å²) in [7, 11) is -3.27. The highest BCUT2D eigenvalue weighted by molar-refractivity contribution is 7.88. The molecule has 1 aliphatic rings. The van der Waals surface area contributed by atoms with Crippen LogP contribution >= 0.6 is 0 Å². The first-order valence-electron chi connectivity index (χ1n) is 8.07. The average molecular weight is 365 g/mol. The van der Waals surface area contributed by atoms with Gasteiger partial charge in [-0.3, -0.25) is 9.78 Å². The molecule has 1 atom stereocenters. The second-order valence-corrected chi connectivity index (χ2v) is 8.37. The summed E-state index contributed by atoms with van der Waals surface area (Å²) in [5.74, 6) is -0.670. The Kier molecular flexibility index (Phi) is 4.75. The Morgan fingerprint density at radius 3 is 2.84 bits per heavy atom. The van der Waals surface area contributed by atoms with Crippen molar-refractivity contribution in [3.63, 3.8) is 0 Å². The molecule has 1 N–H and O–H groups in total. The van der Waals surface area contributed by atoms with E-state index in [0.717, 1.165) is 6.42 Å². The van der Waals surface area contributed by atoms with E-state index in [9.17, 15) is 17.6 Å². The number of amides is 1. The maximum atomic E-state index is 13.3. The average Bonchev–Trinajstić information content (AvgIpc) is 2.53. The van der Waals surface area contributed by atoms with Crippen LogP contribution in [0.3, 0.4) is 0 Å². The SMILES string of the molecule is Cc1nc2cc(F)ccc2cc1C(=O)NC1CCCN(S(C)(=O)=O)C1. The molecule has 25 heavy (non-hydrogen) atoms. The molecule has 6 nitrogen and oxygen atoms in total. The summed E-state index contributed by atoms with van der Waals surface area (Å²) >= 11 is 0. The maximum Gasteiger partial charge on any atom is 0.253 e. The number of aromatic nitrogens is 1. The van der Waals surface area contributed by atoms with Crippen molar-refractivity contribution in [2.75, 3.05) is 19.3 Å². The van der Waals surface area contributed by atoms with Crippen molar-refractivity contribution in [3.8, 4) is 0 Å². The molecule has 0 radical (unpaired) electrons. The van der Waals surface area contributed by atoms with Crippen LogP contribution in [-0.2, 0) is 10.0 Å². The summed E-state index contributed by atoms with van der Waals surface area (Å²) in [6.45, 7) is 2.45. The number of benzene rings is 1. The molecule has 134 valence electrons. The monoisotopic (exact) mass is 365 g/mol. The topological polar surface area (TPSA) is 79.4 Å². The van der Waals surface area contributed by atoms with E-state index in [1.807, 2.05) is 0 Å². The van der Waals surface area contributed by atoms with Gasteiger partial charge in [-0.1, -0.05) is 0 Å². The molecule has 1 aromatic carbocycles. The molecule has 1 unspecified atom stereocenters. The lowest BCUT2D eigenvalue weighted by atomic mass is 10.1. The lowest BCUT2D eigenvalue weighted by Gasteiger charge is -2.31. The van der Waals surface area contributed by atoms with Crippen molar-refractivity contribution in [1.82, 2.24) is 14.6 Å². The third-order valence-electron chi connectivity index (χ3n) is 4.40. The van der Waals surface area contributed by atoms with Gasteiger partial charge < -0.3 is 5.32 Å². The molecular formula is C17H20FN3O3S. The molecule has 1 aromatic heterocycles. The lowest BCUT2D eigenvalue weighted by molar-refractivity contribution is 0.0920. The van der Waals surface area contributed by atoms with E-state index >= 15 is 0 Å². The lowest BCUT2D eigenvalue weighted by Crippen LogP contribution is -2.49. The van der Waals surface area contributed by atoms with Gasteiger partial charge >= 0.3 is 0 Å². The van der Waals surface area contributed by atoms with Gasteiger partial charge in [-0.15, -0.1) is 0 Å². The Labute approximate surface area is 146 Å². The molecule has 0 bridgehead atoms. The third-order valence-corrected chi connectivity index (χ3v) is 5.67. The van der Waals surface area contributed by atoms with Gasteiger partial charge in [0.05, 0.1) is 23.0 Å². The highest BCUT2D eigenvalue weighted by Crippen LogP contribution is 2.19. The Balaban J connectivity index is 1.80. The normalized spacial score (nSPS) is 19.1. The quantitative estimate of drug-likeness (QED) is 0.900. The number of pyridine rings is 1. The van der Waals surface area contributed by atoms with Crippen molar-refractivity contribution in [1.29, 1.82) is 0 Å². The molecule has 3 rings (SSSR count). The van der Waals surface area contributed by atoms with Gasteiger partial charge in [-0.2, -0.15) is 0 Å². The maximum absolute atomic E-state index is 13.3. The summed E-state index contributed by atoms with van der Waals surface area (Å²) in [6, 6.07) is 5.68. The summed E-state index contributed by atoms with van der Waals surface area (Å²) in [5, 5.41) is 3.57. The smallest absolute Gasteiger partial charge is 0.253 e. The molecule has 8 heteroatoms. The molecule has 1 saturated heterocycles. The fourth-order valence-corrected chi connectivity index (χ4v) is 4.00. The van der Waals surface area contributed by atoms with Crippen LogP contribution in [0.5, 0.6) is 0 Å². The second kappa shape index (κ2) is 6.68. The number of hydrogen-bond acceptors (Lipinski definition) is 4. The minimum atomic E-state index is -3.27. The number of hydrogen-bond donors (Lipinski definition) is 1. The van der Waals surface area contributed by atoms with Crippen LogP contribution in [0.1, 0.15) is 28.9 Å². The summed E-state index contributed by atoms with van der Waals surface area (Å²) in [6.07, 6.45) is 2.60. The van der Waals surface area contributed by atoms with Crippen molar-refractivity contribution in [3.05, 3.63) is 41.3 Å². The number of halogens is 1. The van der Waals surface area contributed by atoms with Crippen LogP contribution in [0, 0.1) is 12.7 Å². The summed E-state index contributed by atoms with van der Waals surface area (Å²) < 4.78 is 38.1. The zero-order valence-electron chi connectivity index (χ0n) is 14.1. The fraction of sp³-hybridized carbons (Fsp3) is 0.412. The van der Waals surface area contributed by atoms with E-state index in [4.69, 9.17) is 0 Å². The number of carbonyl (C=O) groups excluding carboxylic acids is 1. The van der Waals surface area contributed by atoms with Gasteiger partial charge in [-0.25, -0.2) is 17.1 Å². The van der Waals surface area contributed by atoms with Gasteiger partial charge in [0.15, 0.2) is 0 Å². The fourth-order valence-electron chi connectivity index (χ4n) is 3.09. The summed E-state index contributed by atoms with van der Waals surface area (Å²) in [5.41, 5.74) is 1.41. The Morgan fingerprint density at radius 1 is 1.36 bits per heavy atom. The molecule has 1 fully saturated rings. The number of rotatable bonds is 3. The van der Waals surface area contributed by atoms with Crippen molar-refractivity contribution >= 4 is 26.8 Å².